The standard InChI is InChI=1S/C17H29N3/c1-5-20(17-7-6-12-18-13-17)14(2)15-8-10-16(11-9-15)19(3)4/h8-11,14,17-18H,5-7,12-13H2,1-4H3. The minimum Gasteiger partial charge on any atom is -0.378 e. The van der Waals surface area contributed by atoms with Gasteiger partial charge < -0.3 is 10.2 Å². The number of hydrogen-bond donors (Lipinski definition) is 1. The van der Waals surface area contributed by atoms with Crippen molar-refractivity contribution in [2.75, 3.05) is 38.6 Å². The Hall–Kier alpha value is -1.06. The van der Waals surface area contributed by atoms with E-state index >= 15 is 0 Å². The van der Waals surface area contributed by atoms with E-state index < -0.39 is 0 Å². The molecule has 2 rings (SSSR count). The molecule has 0 spiro atoms. The Morgan fingerprint density at radius 2 is 1.95 bits per heavy atom. The fraction of sp³-hybridized carbons (Fsp3) is 0.647. The smallest absolute Gasteiger partial charge is 0.0361 e. The quantitative estimate of drug-likeness (QED) is 0.891. The lowest BCUT2D eigenvalue weighted by molar-refractivity contribution is 0.128. The van der Waals surface area contributed by atoms with E-state index in [9.17, 15) is 0 Å². The SMILES string of the molecule is CCN(C1CCCNC1)C(C)c1ccc(N(C)C)cc1. The van der Waals surface area contributed by atoms with Crippen molar-refractivity contribution in [1.29, 1.82) is 0 Å². The van der Waals surface area contributed by atoms with E-state index in [1.807, 2.05) is 0 Å². The molecule has 0 bridgehead atoms. The lowest BCUT2D eigenvalue weighted by atomic mass is 10.00. The van der Waals surface area contributed by atoms with Crippen molar-refractivity contribution in [3.63, 3.8) is 0 Å². The van der Waals surface area contributed by atoms with Gasteiger partial charge in [0.2, 0.25) is 0 Å². The molecular formula is C17H29N3. The van der Waals surface area contributed by atoms with Gasteiger partial charge in [-0.1, -0.05) is 19.1 Å². The summed E-state index contributed by atoms with van der Waals surface area (Å²) in [6.07, 6.45) is 2.62. The summed E-state index contributed by atoms with van der Waals surface area (Å²) in [6.45, 7) is 8.04. The van der Waals surface area contributed by atoms with Gasteiger partial charge in [0.25, 0.3) is 0 Å². The monoisotopic (exact) mass is 275 g/mol. The van der Waals surface area contributed by atoms with Crippen LogP contribution in [0.5, 0.6) is 0 Å². The van der Waals surface area contributed by atoms with Crippen molar-refractivity contribution in [3.05, 3.63) is 29.8 Å². The minimum absolute atomic E-state index is 0.487. The van der Waals surface area contributed by atoms with Gasteiger partial charge in [0.05, 0.1) is 0 Å². The summed E-state index contributed by atoms with van der Waals surface area (Å²) in [5, 5.41) is 3.53. The van der Waals surface area contributed by atoms with Crippen molar-refractivity contribution in [1.82, 2.24) is 10.2 Å². The molecule has 1 aromatic carbocycles. The molecule has 1 aromatic rings. The molecular weight excluding hydrogens is 246 g/mol. The second kappa shape index (κ2) is 7.09. The average molecular weight is 275 g/mol. The largest absolute Gasteiger partial charge is 0.378 e. The van der Waals surface area contributed by atoms with Gasteiger partial charge in [-0.05, 0) is 50.6 Å². The van der Waals surface area contributed by atoms with Crippen molar-refractivity contribution < 1.29 is 0 Å². The van der Waals surface area contributed by atoms with Crippen LogP contribution in [0.1, 0.15) is 38.3 Å². The van der Waals surface area contributed by atoms with Crippen LogP contribution in [0, 0.1) is 0 Å². The van der Waals surface area contributed by atoms with Gasteiger partial charge >= 0.3 is 0 Å². The summed E-state index contributed by atoms with van der Waals surface area (Å²) in [6, 6.07) is 10.2. The highest BCUT2D eigenvalue weighted by molar-refractivity contribution is 5.46. The van der Waals surface area contributed by atoms with Crippen LogP contribution < -0.4 is 10.2 Å². The normalized spacial score (nSPS) is 20.9. The Kier molecular flexibility index (Phi) is 5.44. The number of rotatable bonds is 5. The van der Waals surface area contributed by atoms with Crippen LogP contribution in [-0.2, 0) is 0 Å². The van der Waals surface area contributed by atoms with Gasteiger partial charge in [-0.15, -0.1) is 0 Å². The van der Waals surface area contributed by atoms with E-state index in [1.54, 1.807) is 0 Å². The van der Waals surface area contributed by atoms with Crippen LogP contribution in [0.4, 0.5) is 5.69 Å². The highest BCUT2D eigenvalue weighted by Crippen LogP contribution is 2.26. The van der Waals surface area contributed by atoms with Crippen LogP contribution in [0.3, 0.4) is 0 Å². The highest BCUT2D eigenvalue weighted by Gasteiger charge is 2.24. The maximum Gasteiger partial charge on any atom is 0.0361 e. The minimum atomic E-state index is 0.487. The van der Waals surface area contributed by atoms with E-state index in [4.69, 9.17) is 0 Å². The van der Waals surface area contributed by atoms with Crippen LogP contribution >= 0.6 is 0 Å². The van der Waals surface area contributed by atoms with Crippen molar-refractivity contribution in [2.24, 2.45) is 0 Å². The topological polar surface area (TPSA) is 18.5 Å². The summed E-state index contributed by atoms with van der Waals surface area (Å²) < 4.78 is 0. The second-order valence-electron chi connectivity index (χ2n) is 5.99. The summed E-state index contributed by atoms with van der Waals surface area (Å²) in [5.74, 6) is 0. The first-order valence-electron chi connectivity index (χ1n) is 7.87. The molecule has 0 radical (unpaired) electrons. The van der Waals surface area contributed by atoms with Crippen LogP contribution in [0.2, 0.25) is 0 Å². The number of benzene rings is 1. The molecule has 1 N–H and O–H groups in total. The maximum absolute atomic E-state index is 3.53. The Morgan fingerprint density at radius 1 is 1.25 bits per heavy atom. The first-order valence-corrected chi connectivity index (χ1v) is 7.87. The van der Waals surface area contributed by atoms with Gasteiger partial charge in [-0.25, -0.2) is 0 Å². The van der Waals surface area contributed by atoms with E-state index in [0.717, 1.165) is 13.1 Å². The van der Waals surface area contributed by atoms with Gasteiger partial charge in [0.15, 0.2) is 0 Å². The molecule has 1 fully saturated rings. The van der Waals surface area contributed by atoms with Gasteiger partial charge in [0, 0.05) is 38.4 Å². The summed E-state index contributed by atoms with van der Waals surface area (Å²) >= 11 is 0. The van der Waals surface area contributed by atoms with Gasteiger partial charge in [0.1, 0.15) is 0 Å². The first kappa shape index (κ1) is 15.3. The van der Waals surface area contributed by atoms with Crippen LogP contribution in [-0.4, -0.2) is 44.7 Å². The third kappa shape index (κ3) is 3.53. The highest BCUT2D eigenvalue weighted by atomic mass is 15.2. The van der Waals surface area contributed by atoms with Crippen LogP contribution in [0.15, 0.2) is 24.3 Å². The third-order valence-electron chi connectivity index (χ3n) is 4.49. The number of piperidine rings is 1. The predicted octanol–water partition coefficient (Wildman–Crippen LogP) is 2.89. The Bertz CT molecular complexity index is 393. The van der Waals surface area contributed by atoms with E-state index in [0.29, 0.717) is 12.1 Å². The molecule has 20 heavy (non-hydrogen) atoms. The molecule has 1 aliphatic rings. The van der Waals surface area contributed by atoms with Gasteiger partial charge in [-0.2, -0.15) is 0 Å². The number of likely N-dealkylation sites (N-methyl/N-ethyl adjacent to an activating group) is 1. The zero-order valence-corrected chi connectivity index (χ0v) is 13.4. The van der Waals surface area contributed by atoms with Crippen molar-refractivity contribution in [2.45, 2.75) is 38.8 Å². The van der Waals surface area contributed by atoms with E-state index in [-0.39, 0.29) is 0 Å². The molecule has 0 saturated carbocycles. The molecule has 0 aliphatic carbocycles. The van der Waals surface area contributed by atoms with Crippen molar-refractivity contribution in [3.8, 4) is 0 Å². The summed E-state index contributed by atoms with van der Waals surface area (Å²) in [4.78, 5) is 4.79. The molecule has 1 aliphatic heterocycles. The molecule has 2 unspecified atom stereocenters. The molecule has 3 heteroatoms. The Balaban J connectivity index is 2.08. The molecule has 3 nitrogen and oxygen atoms in total. The molecule has 1 saturated heterocycles. The predicted molar refractivity (Wildman–Crippen MR) is 87.5 cm³/mol. The summed E-state index contributed by atoms with van der Waals surface area (Å²) in [5.41, 5.74) is 2.69. The second-order valence-corrected chi connectivity index (χ2v) is 5.99. The van der Waals surface area contributed by atoms with Crippen LogP contribution in [0.25, 0.3) is 0 Å². The van der Waals surface area contributed by atoms with E-state index in [1.165, 1.54) is 30.6 Å². The Morgan fingerprint density at radius 3 is 2.45 bits per heavy atom. The summed E-state index contributed by atoms with van der Waals surface area (Å²) in [7, 11) is 4.18. The maximum atomic E-state index is 3.53. The lowest BCUT2D eigenvalue weighted by Gasteiger charge is -2.38. The Labute approximate surface area is 124 Å². The average Bonchev–Trinajstić information content (AvgIpc) is 2.49. The molecule has 112 valence electrons. The number of nitrogens with zero attached hydrogens (tertiary/aromatic N) is 2. The molecule has 1 heterocycles. The zero-order valence-electron chi connectivity index (χ0n) is 13.4. The number of anilines is 1. The third-order valence-corrected chi connectivity index (χ3v) is 4.49. The fourth-order valence-electron chi connectivity index (χ4n) is 3.21. The molecule has 2 atom stereocenters. The fourth-order valence-corrected chi connectivity index (χ4v) is 3.21. The number of hydrogen-bond acceptors (Lipinski definition) is 3. The lowest BCUT2D eigenvalue weighted by Crippen LogP contribution is -2.46. The first-order chi connectivity index (χ1) is 9.63. The van der Waals surface area contributed by atoms with E-state index in [2.05, 4.69) is 67.3 Å². The molecule has 0 aromatic heterocycles. The molecule has 0 amide bonds. The van der Waals surface area contributed by atoms with Crippen molar-refractivity contribution >= 4 is 5.69 Å². The van der Waals surface area contributed by atoms with Gasteiger partial charge in [-0.3, -0.25) is 4.90 Å². The zero-order chi connectivity index (χ0) is 14.5. The number of nitrogens with one attached hydrogen (secondary N) is 1.